The molecular weight excluding hydrogens is 186 g/mol. The van der Waals surface area contributed by atoms with Crippen LogP contribution in [0.3, 0.4) is 0 Å². The molecule has 0 aliphatic carbocycles. The van der Waals surface area contributed by atoms with Gasteiger partial charge in [-0.25, -0.2) is 4.79 Å². The highest BCUT2D eigenvalue weighted by Crippen LogP contribution is 2.23. The number of amides is 1. The van der Waals surface area contributed by atoms with Gasteiger partial charge in [0.05, 0.1) is 0 Å². The number of likely N-dealkylation sites (tertiary alicyclic amines) is 1. The number of hydrogen-bond acceptors (Lipinski definition) is 3. The molecule has 1 N–H and O–H groups in total. The van der Waals surface area contributed by atoms with Crippen LogP contribution < -0.4 is 0 Å². The summed E-state index contributed by atoms with van der Waals surface area (Å²) in [4.78, 5) is 23.8. The molecule has 0 aromatic heterocycles. The molecule has 1 amide bonds. The fraction of sp³-hybridized carbons (Fsp3) is 0.778. The number of carboxylic acid groups (broad SMARTS) is 1. The molecule has 2 rings (SSSR count). The maximum Gasteiger partial charge on any atom is 0.326 e. The Bertz CT molecular complexity index is 260. The molecule has 2 heterocycles. The van der Waals surface area contributed by atoms with Crippen LogP contribution in [-0.4, -0.2) is 47.2 Å². The number of carboxylic acids is 1. The van der Waals surface area contributed by atoms with E-state index >= 15 is 0 Å². The molecule has 0 radical (unpaired) electrons. The number of carbonyl (C=O) groups excluding carboxylic acids is 1. The van der Waals surface area contributed by atoms with Crippen molar-refractivity contribution in [3.8, 4) is 0 Å². The van der Waals surface area contributed by atoms with Crippen LogP contribution in [0.1, 0.15) is 19.3 Å². The molecule has 0 aromatic carbocycles. The lowest BCUT2D eigenvalue weighted by molar-refractivity contribution is -0.162. The molecule has 0 bridgehead atoms. The van der Waals surface area contributed by atoms with Crippen molar-refractivity contribution >= 4 is 11.9 Å². The van der Waals surface area contributed by atoms with Crippen molar-refractivity contribution in [3.63, 3.8) is 0 Å². The van der Waals surface area contributed by atoms with Gasteiger partial charge in [-0.3, -0.25) is 4.79 Å². The summed E-state index contributed by atoms with van der Waals surface area (Å²) in [7, 11) is 0. The SMILES string of the molecule is O=C(O)C1CCN1C(=O)C1CCCO1. The summed E-state index contributed by atoms with van der Waals surface area (Å²) in [5.74, 6) is -1.07. The molecular formula is C9H13NO4. The fourth-order valence-corrected chi connectivity index (χ4v) is 1.87. The van der Waals surface area contributed by atoms with Crippen molar-refractivity contribution in [1.82, 2.24) is 4.90 Å². The Morgan fingerprint density at radius 2 is 2.14 bits per heavy atom. The van der Waals surface area contributed by atoms with Crippen molar-refractivity contribution in [2.24, 2.45) is 0 Å². The standard InChI is InChI=1S/C9H13NO4/c11-8(7-2-1-5-14-7)10-4-3-6(10)9(12)13/h6-7H,1-5H2,(H,12,13). The molecule has 5 heteroatoms. The van der Waals surface area contributed by atoms with Crippen LogP contribution in [0.15, 0.2) is 0 Å². The normalized spacial score (nSPS) is 31.3. The molecule has 0 spiro atoms. The summed E-state index contributed by atoms with van der Waals surface area (Å²) in [5, 5.41) is 8.76. The second-order valence-corrected chi connectivity index (χ2v) is 3.68. The predicted molar refractivity (Wildman–Crippen MR) is 46.7 cm³/mol. The number of carbonyl (C=O) groups is 2. The first kappa shape index (κ1) is 9.45. The Morgan fingerprint density at radius 3 is 2.57 bits per heavy atom. The molecule has 2 fully saturated rings. The van der Waals surface area contributed by atoms with Gasteiger partial charge in [0.25, 0.3) is 5.91 Å². The van der Waals surface area contributed by atoms with Gasteiger partial charge in [-0.15, -0.1) is 0 Å². The molecule has 2 aliphatic heterocycles. The van der Waals surface area contributed by atoms with Crippen LogP contribution in [0.2, 0.25) is 0 Å². The van der Waals surface area contributed by atoms with Crippen LogP contribution in [0.4, 0.5) is 0 Å². The fourth-order valence-electron chi connectivity index (χ4n) is 1.87. The van der Waals surface area contributed by atoms with E-state index in [0.29, 0.717) is 19.6 Å². The van der Waals surface area contributed by atoms with Gasteiger partial charge in [-0.05, 0) is 19.3 Å². The predicted octanol–water partition coefficient (Wildman–Crippen LogP) is -0.149. The minimum atomic E-state index is -0.914. The van der Waals surface area contributed by atoms with Crippen molar-refractivity contribution in [2.75, 3.05) is 13.2 Å². The van der Waals surface area contributed by atoms with E-state index in [0.717, 1.165) is 12.8 Å². The summed E-state index contributed by atoms with van der Waals surface area (Å²) in [6.45, 7) is 1.16. The highest BCUT2D eigenvalue weighted by Gasteiger charge is 2.41. The van der Waals surface area contributed by atoms with E-state index in [4.69, 9.17) is 9.84 Å². The van der Waals surface area contributed by atoms with Gasteiger partial charge in [-0.2, -0.15) is 0 Å². The molecule has 0 saturated carbocycles. The van der Waals surface area contributed by atoms with Gasteiger partial charge >= 0.3 is 5.97 Å². The molecule has 14 heavy (non-hydrogen) atoms. The zero-order chi connectivity index (χ0) is 10.1. The molecule has 78 valence electrons. The van der Waals surface area contributed by atoms with E-state index in [1.807, 2.05) is 0 Å². The second kappa shape index (κ2) is 3.57. The Labute approximate surface area is 81.6 Å². The minimum absolute atomic E-state index is 0.152. The quantitative estimate of drug-likeness (QED) is 0.671. The smallest absolute Gasteiger partial charge is 0.326 e. The lowest BCUT2D eigenvalue weighted by Crippen LogP contribution is -2.57. The summed E-state index contributed by atoms with van der Waals surface area (Å²) >= 11 is 0. The lowest BCUT2D eigenvalue weighted by atomic mass is 10.0. The van der Waals surface area contributed by atoms with Crippen molar-refractivity contribution in [2.45, 2.75) is 31.4 Å². The van der Waals surface area contributed by atoms with Gasteiger partial charge in [0.1, 0.15) is 12.1 Å². The summed E-state index contributed by atoms with van der Waals surface area (Å²) in [6.07, 6.45) is 1.79. The first-order chi connectivity index (χ1) is 6.70. The highest BCUT2D eigenvalue weighted by molar-refractivity contribution is 5.88. The zero-order valence-electron chi connectivity index (χ0n) is 7.81. The minimum Gasteiger partial charge on any atom is -0.480 e. The van der Waals surface area contributed by atoms with Crippen LogP contribution in [0, 0.1) is 0 Å². The average Bonchev–Trinajstić information content (AvgIpc) is 2.51. The number of nitrogens with zero attached hydrogens (tertiary/aromatic N) is 1. The van der Waals surface area contributed by atoms with Crippen molar-refractivity contribution in [3.05, 3.63) is 0 Å². The Hall–Kier alpha value is -1.10. The Morgan fingerprint density at radius 1 is 1.36 bits per heavy atom. The van der Waals surface area contributed by atoms with Crippen LogP contribution >= 0.6 is 0 Å². The van der Waals surface area contributed by atoms with Crippen molar-refractivity contribution < 1.29 is 19.4 Å². The molecule has 2 atom stereocenters. The number of rotatable bonds is 2. The highest BCUT2D eigenvalue weighted by atomic mass is 16.5. The van der Waals surface area contributed by atoms with E-state index in [1.54, 1.807) is 0 Å². The molecule has 2 aliphatic rings. The van der Waals surface area contributed by atoms with Crippen molar-refractivity contribution in [1.29, 1.82) is 0 Å². The third kappa shape index (κ3) is 1.48. The second-order valence-electron chi connectivity index (χ2n) is 3.68. The summed E-state index contributed by atoms with van der Waals surface area (Å²) in [5.41, 5.74) is 0. The third-order valence-corrected chi connectivity index (χ3v) is 2.79. The molecule has 2 saturated heterocycles. The number of ether oxygens (including phenoxy) is 1. The topological polar surface area (TPSA) is 66.8 Å². The van der Waals surface area contributed by atoms with Crippen LogP contribution in [0.25, 0.3) is 0 Å². The van der Waals surface area contributed by atoms with Gasteiger partial charge in [0.15, 0.2) is 0 Å². The Balaban J connectivity index is 1.94. The first-order valence-electron chi connectivity index (χ1n) is 4.85. The number of aliphatic carboxylic acids is 1. The van der Waals surface area contributed by atoms with Gasteiger partial charge in [0.2, 0.25) is 0 Å². The maximum atomic E-state index is 11.7. The van der Waals surface area contributed by atoms with E-state index in [9.17, 15) is 9.59 Å². The molecule has 5 nitrogen and oxygen atoms in total. The zero-order valence-corrected chi connectivity index (χ0v) is 7.81. The van der Waals surface area contributed by atoms with Crippen LogP contribution in [0.5, 0.6) is 0 Å². The summed E-state index contributed by atoms with van der Waals surface area (Å²) in [6, 6.07) is -0.619. The Kier molecular flexibility index (Phi) is 2.41. The maximum absolute atomic E-state index is 11.7. The molecule has 2 unspecified atom stereocenters. The number of hydrogen-bond donors (Lipinski definition) is 1. The molecule has 0 aromatic rings. The van der Waals surface area contributed by atoms with Gasteiger partial charge < -0.3 is 14.7 Å². The van der Waals surface area contributed by atoms with E-state index in [1.165, 1.54) is 4.90 Å². The van der Waals surface area contributed by atoms with Gasteiger partial charge in [0, 0.05) is 13.2 Å². The van der Waals surface area contributed by atoms with E-state index in [-0.39, 0.29) is 5.91 Å². The van der Waals surface area contributed by atoms with E-state index in [2.05, 4.69) is 0 Å². The van der Waals surface area contributed by atoms with Gasteiger partial charge in [-0.1, -0.05) is 0 Å². The average molecular weight is 199 g/mol. The summed E-state index contributed by atoms with van der Waals surface area (Å²) < 4.78 is 5.22. The lowest BCUT2D eigenvalue weighted by Gasteiger charge is -2.39. The van der Waals surface area contributed by atoms with Crippen LogP contribution in [-0.2, 0) is 14.3 Å². The first-order valence-corrected chi connectivity index (χ1v) is 4.85. The third-order valence-electron chi connectivity index (χ3n) is 2.79. The largest absolute Gasteiger partial charge is 0.480 e. The van der Waals surface area contributed by atoms with E-state index < -0.39 is 18.1 Å². The monoisotopic (exact) mass is 199 g/mol.